The van der Waals surface area contributed by atoms with E-state index in [2.05, 4.69) is 27.4 Å². The van der Waals surface area contributed by atoms with E-state index in [1.807, 2.05) is 0 Å². The minimum absolute atomic E-state index is 0.893. The summed E-state index contributed by atoms with van der Waals surface area (Å²) >= 11 is 10.6. The highest BCUT2D eigenvalue weighted by Gasteiger charge is 2.30. The first-order chi connectivity index (χ1) is 7.65. The second-order valence-corrected chi connectivity index (χ2v) is 7.59. The number of nitrogens with zero attached hydrogens (tertiary/aromatic N) is 1. The fourth-order valence-electron chi connectivity index (χ4n) is 2.67. The summed E-state index contributed by atoms with van der Waals surface area (Å²) < 4.78 is 2.09. The molecule has 2 aliphatic heterocycles. The van der Waals surface area contributed by atoms with Crippen LogP contribution >= 0.6 is 39.9 Å². The quantitative estimate of drug-likeness (QED) is 0.707. The second-order valence-electron chi connectivity index (χ2n) is 4.86. The first-order valence-electron chi connectivity index (χ1n) is 5.90. The van der Waals surface area contributed by atoms with E-state index in [0.29, 0.717) is 0 Å². The van der Waals surface area contributed by atoms with Gasteiger partial charge >= 0.3 is 0 Å². The average molecular weight is 320 g/mol. The lowest BCUT2D eigenvalue weighted by Crippen LogP contribution is -2.31. The summed E-state index contributed by atoms with van der Waals surface area (Å²) in [5, 5.41) is 0. The minimum Gasteiger partial charge on any atom is -0.357 e. The standard InChI is InChI=1S/C12H18BrNS2/c1-9(13)8-16-12(15)14-6-10-2-3-11(7-14)5-4-10/h10-11H,1-8H2. The van der Waals surface area contributed by atoms with Crippen molar-refractivity contribution >= 4 is 44.2 Å². The Labute approximate surface area is 116 Å². The van der Waals surface area contributed by atoms with E-state index in [1.54, 1.807) is 11.8 Å². The van der Waals surface area contributed by atoms with Crippen LogP contribution in [-0.2, 0) is 0 Å². The molecule has 1 saturated carbocycles. The Bertz CT molecular complexity index is 271. The third-order valence-corrected chi connectivity index (χ3v) is 5.80. The molecule has 0 amide bonds. The SMILES string of the molecule is C=C(Br)CSC(=S)N1CC2CCC(CC2)C1. The van der Waals surface area contributed by atoms with Crippen molar-refractivity contribution in [2.24, 2.45) is 11.8 Å². The Balaban J connectivity index is 1.89. The maximum Gasteiger partial charge on any atom is 0.136 e. The Morgan fingerprint density at radius 1 is 1.25 bits per heavy atom. The van der Waals surface area contributed by atoms with Gasteiger partial charge in [-0.2, -0.15) is 0 Å². The van der Waals surface area contributed by atoms with Crippen LogP contribution in [0.25, 0.3) is 0 Å². The summed E-state index contributed by atoms with van der Waals surface area (Å²) in [5.41, 5.74) is 0. The number of fused-ring (bicyclic) bond motifs is 4. The molecule has 0 aromatic carbocycles. The molecular weight excluding hydrogens is 302 g/mol. The number of thioether (sulfide) groups is 1. The van der Waals surface area contributed by atoms with E-state index >= 15 is 0 Å². The maximum absolute atomic E-state index is 5.51. The monoisotopic (exact) mass is 319 g/mol. The van der Waals surface area contributed by atoms with Gasteiger partial charge in [-0.05, 0) is 42.0 Å². The van der Waals surface area contributed by atoms with Crippen LogP contribution in [0.4, 0.5) is 0 Å². The lowest BCUT2D eigenvalue weighted by atomic mass is 9.84. The molecule has 0 radical (unpaired) electrons. The topological polar surface area (TPSA) is 3.24 Å². The number of halogens is 1. The van der Waals surface area contributed by atoms with E-state index in [4.69, 9.17) is 12.2 Å². The van der Waals surface area contributed by atoms with E-state index in [0.717, 1.165) is 26.4 Å². The molecule has 3 fully saturated rings. The molecule has 0 atom stereocenters. The molecule has 4 heteroatoms. The van der Waals surface area contributed by atoms with Crippen molar-refractivity contribution < 1.29 is 0 Å². The van der Waals surface area contributed by atoms with Crippen molar-refractivity contribution in [2.75, 3.05) is 18.8 Å². The Morgan fingerprint density at radius 2 is 1.75 bits per heavy atom. The molecule has 90 valence electrons. The fraction of sp³-hybridized carbons (Fsp3) is 0.750. The van der Waals surface area contributed by atoms with Crippen LogP contribution in [0.3, 0.4) is 0 Å². The van der Waals surface area contributed by atoms with Gasteiger partial charge in [0.25, 0.3) is 0 Å². The third kappa shape index (κ3) is 3.47. The van der Waals surface area contributed by atoms with E-state index in [1.165, 1.54) is 38.8 Å². The van der Waals surface area contributed by atoms with Crippen molar-refractivity contribution in [2.45, 2.75) is 25.7 Å². The molecule has 2 heterocycles. The minimum atomic E-state index is 0.893. The Morgan fingerprint density at radius 3 is 2.19 bits per heavy atom. The van der Waals surface area contributed by atoms with Crippen LogP contribution in [0.5, 0.6) is 0 Å². The zero-order valence-corrected chi connectivity index (χ0v) is 12.7. The predicted octanol–water partition coefficient (Wildman–Crippen LogP) is 4.04. The van der Waals surface area contributed by atoms with Crippen molar-refractivity contribution in [1.29, 1.82) is 0 Å². The molecule has 0 spiro atoms. The second kappa shape index (κ2) is 5.87. The molecule has 0 N–H and O–H groups in total. The van der Waals surface area contributed by atoms with Crippen molar-refractivity contribution in [1.82, 2.24) is 4.90 Å². The van der Waals surface area contributed by atoms with Crippen molar-refractivity contribution in [3.63, 3.8) is 0 Å². The molecule has 1 aliphatic carbocycles. The summed E-state index contributed by atoms with van der Waals surface area (Å²) in [4.78, 5) is 2.44. The maximum atomic E-state index is 5.51. The molecule has 0 unspecified atom stereocenters. The van der Waals surface area contributed by atoms with Crippen LogP contribution in [0.15, 0.2) is 11.1 Å². The Hall–Kier alpha value is 0.460. The zero-order valence-electron chi connectivity index (χ0n) is 9.45. The van der Waals surface area contributed by atoms with E-state index in [-0.39, 0.29) is 0 Å². The van der Waals surface area contributed by atoms with Crippen LogP contribution in [-0.4, -0.2) is 28.1 Å². The highest BCUT2D eigenvalue weighted by molar-refractivity contribution is 9.11. The normalized spacial score (nSPS) is 28.9. The largest absolute Gasteiger partial charge is 0.357 e. The molecule has 3 rings (SSSR count). The van der Waals surface area contributed by atoms with Crippen LogP contribution in [0.1, 0.15) is 25.7 Å². The van der Waals surface area contributed by atoms with Gasteiger partial charge in [0.05, 0.1) is 0 Å². The van der Waals surface area contributed by atoms with E-state index < -0.39 is 0 Å². The summed E-state index contributed by atoms with van der Waals surface area (Å²) in [5.74, 6) is 2.68. The molecule has 2 bridgehead atoms. The highest BCUT2D eigenvalue weighted by Crippen LogP contribution is 2.35. The van der Waals surface area contributed by atoms with Gasteiger partial charge < -0.3 is 4.90 Å². The van der Waals surface area contributed by atoms with Crippen LogP contribution in [0, 0.1) is 11.8 Å². The van der Waals surface area contributed by atoms with Gasteiger partial charge in [-0.25, -0.2) is 0 Å². The predicted molar refractivity (Wildman–Crippen MR) is 80.1 cm³/mol. The molecule has 0 aromatic rings. The molecule has 1 nitrogen and oxygen atoms in total. The van der Waals surface area contributed by atoms with Gasteiger partial charge in [0.15, 0.2) is 0 Å². The van der Waals surface area contributed by atoms with Crippen molar-refractivity contribution in [3.8, 4) is 0 Å². The lowest BCUT2D eigenvalue weighted by Gasteiger charge is -2.24. The summed E-state index contributed by atoms with van der Waals surface area (Å²) in [6.45, 7) is 6.23. The molecule has 16 heavy (non-hydrogen) atoms. The Kier molecular flexibility index (Phi) is 4.74. The average Bonchev–Trinajstić information content (AvgIpc) is 2.58. The molecule has 2 saturated heterocycles. The zero-order chi connectivity index (χ0) is 11.5. The first-order valence-corrected chi connectivity index (χ1v) is 8.09. The van der Waals surface area contributed by atoms with Gasteiger partial charge in [-0.15, -0.1) is 0 Å². The van der Waals surface area contributed by atoms with Gasteiger partial charge in [0.1, 0.15) is 4.32 Å². The van der Waals surface area contributed by atoms with Gasteiger partial charge in [0.2, 0.25) is 0 Å². The summed E-state index contributed by atoms with van der Waals surface area (Å²) in [6, 6.07) is 0. The van der Waals surface area contributed by atoms with Crippen LogP contribution in [0.2, 0.25) is 0 Å². The third-order valence-electron chi connectivity index (χ3n) is 3.53. The first kappa shape index (κ1) is 12.9. The molecule has 0 aromatic heterocycles. The van der Waals surface area contributed by atoms with Crippen LogP contribution < -0.4 is 0 Å². The van der Waals surface area contributed by atoms with E-state index in [9.17, 15) is 0 Å². The van der Waals surface area contributed by atoms with Crippen molar-refractivity contribution in [3.05, 3.63) is 11.1 Å². The molecule has 3 aliphatic rings. The summed E-state index contributed by atoms with van der Waals surface area (Å²) in [7, 11) is 0. The summed E-state index contributed by atoms with van der Waals surface area (Å²) in [6.07, 6.45) is 5.67. The number of hydrogen-bond donors (Lipinski definition) is 0. The fourth-order valence-corrected chi connectivity index (χ4v) is 3.96. The number of thiocarbonyl (C=S) groups is 1. The molecular formula is C12H18BrNS2. The van der Waals surface area contributed by atoms with Gasteiger partial charge in [0, 0.05) is 18.8 Å². The van der Waals surface area contributed by atoms with Gasteiger partial charge in [-0.3, -0.25) is 0 Å². The number of rotatable bonds is 2. The smallest absolute Gasteiger partial charge is 0.136 e. The number of hydrogen-bond acceptors (Lipinski definition) is 2. The lowest BCUT2D eigenvalue weighted by molar-refractivity contribution is 0.326. The van der Waals surface area contributed by atoms with Gasteiger partial charge in [-0.1, -0.05) is 46.5 Å². The highest BCUT2D eigenvalue weighted by atomic mass is 79.9.